The van der Waals surface area contributed by atoms with Gasteiger partial charge in [0.2, 0.25) is 0 Å². The fraction of sp³-hybridized carbons (Fsp3) is 0. The number of hydrogen-bond donors (Lipinski definition) is 3. The number of carbonyl (C=O) groups excluding carboxylic acids is 1. The quantitative estimate of drug-likeness (QED) is 0.796. The minimum absolute atomic E-state index is 0.0801. The van der Waals surface area contributed by atoms with E-state index in [0.717, 1.165) is 6.07 Å². The lowest BCUT2D eigenvalue weighted by Crippen LogP contribution is -2.12. The van der Waals surface area contributed by atoms with Crippen LogP contribution >= 0.6 is 15.9 Å². The second-order valence-electron chi connectivity index (χ2n) is 3.51. The molecule has 0 unspecified atom stereocenters. The van der Waals surface area contributed by atoms with Crippen molar-refractivity contribution < 1.29 is 15.0 Å². The largest absolute Gasteiger partial charge is 0.508 e. The molecule has 0 saturated heterocycles. The lowest BCUT2D eigenvalue weighted by atomic mass is 10.1. The van der Waals surface area contributed by atoms with Crippen LogP contribution in [0.15, 0.2) is 41.1 Å². The zero-order chi connectivity index (χ0) is 13.1. The van der Waals surface area contributed by atoms with Gasteiger partial charge < -0.3 is 15.5 Å². The molecule has 1 aromatic heterocycles. The van der Waals surface area contributed by atoms with Crippen LogP contribution in [0.2, 0.25) is 0 Å². The maximum atomic E-state index is 11.9. The molecule has 0 bridgehead atoms. The number of pyridine rings is 1. The number of aromatic nitrogens is 1. The Kier molecular flexibility index (Phi) is 3.47. The molecule has 0 atom stereocenters. The van der Waals surface area contributed by atoms with Gasteiger partial charge in [-0.1, -0.05) is 0 Å². The molecule has 92 valence electrons. The molecule has 0 spiro atoms. The molecule has 0 fully saturated rings. The van der Waals surface area contributed by atoms with E-state index in [9.17, 15) is 9.90 Å². The van der Waals surface area contributed by atoms with Crippen molar-refractivity contribution in [3.05, 3.63) is 46.7 Å². The first-order valence-corrected chi connectivity index (χ1v) is 5.80. The smallest absolute Gasteiger partial charge is 0.259 e. The minimum atomic E-state index is -0.473. The Labute approximate surface area is 111 Å². The molecule has 0 saturated carbocycles. The SMILES string of the molecule is O=C(Nc1ccncc1Br)c1ccc(O)cc1O. The number of anilines is 1. The van der Waals surface area contributed by atoms with Crippen LogP contribution in [0.3, 0.4) is 0 Å². The van der Waals surface area contributed by atoms with Gasteiger partial charge in [0, 0.05) is 18.5 Å². The predicted molar refractivity (Wildman–Crippen MR) is 69.7 cm³/mol. The van der Waals surface area contributed by atoms with Crippen LogP contribution in [0.1, 0.15) is 10.4 Å². The lowest BCUT2D eigenvalue weighted by Gasteiger charge is -2.08. The van der Waals surface area contributed by atoms with Crippen molar-refractivity contribution in [2.75, 3.05) is 5.32 Å². The molecular formula is C12H9BrN2O3. The molecule has 1 amide bonds. The number of phenols is 2. The zero-order valence-corrected chi connectivity index (χ0v) is 10.7. The Morgan fingerprint density at radius 2 is 2.06 bits per heavy atom. The van der Waals surface area contributed by atoms with Crippen LogP contribution in [-0.2, 0) is 0 Å². The summed E-state index contributed by atoms with van der Waals surface area (Å²) in [6, 6.07) is 5.40. The highest BCUT2D eigenvalue weighted by Gasteiger charge is 2.12. The Hall–Kier alpha value is -2.08. The van der Waals surface area contributed by atoms with E-state index in [0.29, 0.717) is 10.2 Å². The summed E-state index contributed by atoms with van der Waals surface area (Å²) in [4.78, 5) is 15.8. The Bertz CT molecular complexity index is 602. The normalized spacial score (nSPS) is 10.1. The predicted octanol–water partition coefficient (Wildman–Crippen LogP) is 2.51. The van der Waals surface area contributed by atoms with E-state index in [2.05, 4.69) is 26.2 Å². The molecule has 0 radical (unpaired) electrons. The Morgan fingerprint density at radius 1 is 1.28 bits per heavy atom. The van der Waals surface area contributed by atoms with Crippen LogP contribution in [0.4, 0.5) is 5.69 Å². The molecular weight excluding hydrogens is 300 g/mol. The van der Waals surface area contributed by atoms with E-state index < -0.39 is 5.91 Å². The highest BCUT2D eigenvalue weighted by atomic mass is 79.9. The third-order valence-corrected chi connectivity index (χ3v) is 2.88. The van der Waals surface area contributed by atoms with E-state index >= 15 is 0 Å². The number of carbonyl (C=O) groups is 1. The second-order valence-corrected chi connectivity index (χ2v) is 4.37. The van der Waals surface area contributed by atoms with Gasteiger partial charge in [-0.15, -0.1) is 0 Å². The van der Waals surface area contributed by atoms with E-state index in [4.69, 9.17) is 5.11 Å². The van der Waals surface area contributed by atoms with Gasteiger partial charge in [0.05, 0.1) is 15.7 Å². The maximum absolute atomic E-state index is 11.9. The van der Waals surface area contributed by atoms with Crippen molar-refractivity contribution in [2.45, 2.75) is 0 Å². The average Bonchev–Trinajstić information content (AvgIpc) is 2.32. The van der Waals surface area contributed by atoms with Gasteiger partial charge in [0.1, 0.15) is 11.5 Å². The van der Waals surface area contributed by atoms with Gasteiger partial charge >= 0.3 is 0 Å². The molecule has 3 N–H and O–H groups in total. The molecule has 1 aromatic carbocycles. The van der Waals surface area contributed by atoms with E-state index in [1.807, 2.05) is 0 Å². The molecule has 6 heteroatoms. The molecule has 18 heavy (non-hydrogen) atoms. The Morgan fingerprint density at radius 3 is 2.72 bits per heavy atom. The summed E-state index contributed by atoms with van der Waals surface area (Å²) in [5, 5.41) is 21.3. The first-order chi connectivity index (χ1) is 8.58. The van der Waals surface area contributed by atoms with Gasteiger partial charge in [-0.25, -0.2) is 0 Å². The zero-order valence-electron chi connectivity index (χ0n) is 9.09. The van der Waals surface area contributed by atoms with Crippen molar-refractivity contribution in [3.8, 4) is 11.5 Å². The van der Waals surface area contributed by atoms with Gasteiger partial charge in [-0.05, 0) is 34.1 Å². The number of halogens is 1. The lowest BCUT2D eigenvalue weighted by molar-refractivity contribution is 0.102. The number of rotatable bonds is 2. The molecule has 0 aliphatic carbocycles. The summed E-state index contributed by atoms with van der Waals surface area (Å²) in [5.74, 6) is -0.855. The van der Waals surface area contributed by atoms with E-state index in [1.54, 1.807) is 12.3 Å². The Balaban J connectivity index is 2.25. The van der Waals surface area contributed by atoms with Crippen LogP contribution in [0.5, 0.6) is 11.5 Å². The van der Waals surface area contributed by atoms with Crippen molar-refractivity contribution in [2.24, 2.45) is 0 Å². The highest BCUT2D eigenvalue weighted by molar-refractivity contribution is 9.10. The molecule has 0 aliphatic rings. The van der Waals surface area contributed by atoms with Gasteiger partial charge in [-0.2, -0.15) is 0 Å². The standard InChI is InChI=1S/C12H9BrN2O3/c13-9-6-14-4-3-10(9)15-12(18)8-2-1-7(16)5-11(8)17/h1-6,16-17H,(H,14,15,18). The highest BCUT2D eigenvalue weighted by Crippen LogP contribution is 2.25. The molecule has 1 heterocycles. The fourth-order valence-corrected chi connectivity index (χ4v) is 1.73. The van der Waals surface area contributed by atoms with Crippen molar-refractivity contribution >= 4 is 27.5 Å². The number of nitrogens with one attached hydrogen (secondary N) is 1. The van der Waals surface area contributed by atoms with E-state index in [1.165, 1.54) is 18.3 Å². The van der Waals surface area contributed by atoms with Crippen molar-refractivity contribution in [1.29, 1.82) is 0 Å². The third kappa shape index (κ3) is 2.60. The van der Waals surface area contributed by atoms with Crippen molar-refractivity contribution in [1.82, 2.24) is 4.98 Å². The minimum Gasteiger partial charge on any atom is -0.508 e. The van der Waals surface area contributed by atoms with Crippen LogP contribution < -0.4 is 5.32 Å². The number of aromatic hydroxyl groups is 2. The molecule has 2 aromatic rings. The molecule has 2 rings (SSSR count). The van der Waals surface area contributed by atoms with Gasteiger partial charge in [0.15, 0.2) is 0 Å². The number of phenolic OH excluding ortho intramolecular Hbond substituents is 2. The molecule has 0 aliphatic heterocycles. The number of benzene rings is 1. The second kappa shape index (κ2) is 5.05. The first kappa shape index (κ1) is 12.4. The van der Waals surface area contributed by atoms with Crippen molar-refractivity contribution in [3.63, 3.8) is 0 Å². The fourth-order valence-electron chi connectivity index (χ4n) is 1.38. The summed E-state index contributed by atoms with van der Waals surface area (Å²) in [6.07, 6.45) is 3.09. The third-order valence-electron chi connectivity index (χ3n) is 2.25. The van der Waals surface area contributed by atoms with Crippen LogP contribution in [0.25, 0.3) is 0 Å². The summed E-state index contributed by atoms with van der Waals surface area (Å²) < 4.78 is 0.636. The number of nitrogens with zero attached hydrogens (tertiary/aromatic N) is 1. The molecule has 5 nitrogen and oxygen atoms in total. The summed E-state index contributed by atoms with van der Waals surface area (Å²) in [7, 11) is 0. The van der Waals surface area contributed by atoms with E-state index in [-0.39, 0.29) is 17.1 Å². The van der Waals surface area contributed by atoms with Gasteiger partial charge in [0.25, 0.3) is 5.91 Å². The number of hydrogen-bond acceptors (Lipinski definition) is 4. The summed E-state index contributed by atoms with van der Waals surface area (Å²) >= 11 is 3.25. The van der Waals surface area contributed by atoms with Crippen LogP contribution in [0, 0.1) is 0 Å². The number of amides is 1. The van der Waals surface area contributed by atoms with Gasteiger partial charge in [-0.3, -0.25) is 9.78 Å². The average molecular weight is 309 g/mol. The maximum Gasteiger partial charge on any atom is 0.259 e. The topological polar surface area (TPSA) is 82.5 Å². The first-order valence-electron chi connectivity index (χ1n) is 5.01. The van der Waals surface area contributed by atoms with Crippen LogP contribution in [-0.4, -0.2) is 21.1 Å². The monoisotopic (exact) mass is 308 g/mol. The summed E-state index contributed by atoms with van der Waals surface area (Å²) in [5.41, 5.74) is 0.624. The summed E-state index contributed by atoms with van der Waals surface area (Å²) in [6.45, 7) is 0.